The van der Waals surface area contributed by atoms with Crippen LogP contribution in [0, 0.1) is 6.92 Å². The average Bonchev–Trinajstić information content (AvgIpc) is 2.73. The zero-order chi connectivity index (χ0) is 25.6. The molecule has 0 fully saturated rings. The van der Waals surface area contributed by atoms with Gasteiger partial charge in [0.15, 0.2) is 0 Å². The number of hydrogen-bond donors (Lipinski definition) is 1. The molecule has 186 valence electrons. The van der Waals surface area contributed by atoms with Gasteiger partial charge in [0.25, 0.3) is 0 Å². The maximum Gasteiger partial charge on any atom is 0.244 e. The maximum absolute atomic E-state index is 13.6. The highest BCUT2D eigenvalue weighted by Gasteiger charge is 2.32. The summed E-state index contributed by atoms with van der Waals surface area (Å²) in [6, 6.07) is 10.9. The Morgan fingerprint density at radius 1 is 1.03 bits per heavy atom. The summed E-state index contributed by atoms with van der Waals surface area (Å²) < 4.78 is 26.4. The summed E-state index contributed by atoms with van der Waals surface area (Å²) in [5.41, 5.74) is 1.73. The minimum absolute atomic E-state index is 0.115. The first-order chi connectivity index (χ1) is 15.8. The number of rotatable bonds is 10. The number of nitrogens with zero attached hydrogens (tertiary/aromatic N) is 2. The molecule has 0 aliphatic rings. The van der Waals surface area contributed by atoms with Crippen LogP contribution in [0.4, 0.5) is 5.69 Å². The minimum Gasteiger partial charge on any atom is -0.352 e. The van der Waals surface area contributed by atoms with Crippen LogP contribution in [0.15, 0.2) is 42.5 Å². The van der Waals surface area contributed by atoms with Gasteiger partial charge in [-0.15, -0.1) is 0 Å². The molecule has 2 amide bonds. The van der Waals surface area contributed by atoms with Crippen LogP contribution < -0.4 is 9.62 Å². The van der Waals surface area contributed by atoms with Crippen molar-refractivity contribution in [3.63, 3.8) is 0 Å². The highest BCUT2D eigenvalue weighted by Crippen LogP contribution is 2.27. The third kappa shape index (κ3) is 7.61. The lowest BCUT2D eigenvalue weighted by molar-refractivity contribution is -0.140. The zero-order valence-electron chi connectivity index (χ0n) is 20.0. The van der Waals surface area contributed by atoms with Gasteiger partial charge in [0.05, 0.1) is 11.9 Å². The molecule has 0 radical (unpaired) electrons. The van der Waals surface area contributed by atoms with Gasteiger partial charge in [-0.1, -0.05) is 48.3 Å². The third-order valence-corrected chi connectivity index (χ3v) is 6.82. The molecule has 0 bridgehead atoms. The van der Waals surface area contributed by atoms with Crippen molar-refractivity contribution in [3.8, 4) is 0 Å². The minimum atomic E-state index is -3.83. The van der Waals surface area contributed by atoms with Gasteiger partial charge in [-0.05, 0) is 62.6 Å². The van der Waals surface area contributed by atoms with E-state index in [2.05, 4.69) is 5.32 Å². The van der Waals surface area contributed by atoms with E-state index in [0.717, 1.165) is 16.1 Å². The summed E-state index contributed by atoms with van der Waals surface area (Å²) in [5.74, 6) is -0.810. The molecule has 0 aliphatic heterocycles. The summed E-state index contributed by atoms with van der Waals surface area (Å²) in [7, 11) is -3.83. The smallest absolute Gasteiger partial charge is 0.244 e. The first-order valence-electron chi connectivity index (χ1n) is 10.9. The molecule has 7 nitrogen and oxygen atoms in total. The van der Waals surface area contributed by atoms with Gasteiger partial charge in [-0.3, -0.25) is 13.9 Å². The van der Waals surface area contributed by atoms with Crippen LogP contribution in [-0.2, 0) is 26.2 Å². The Hall–Kier alpha value is -2.29. The molecule has 2 aromatic carbocycles. The molecule has 0 aromatic heterocycles. The van der Waals surface area contributed by atoms with Gasteiger partial charge in [-0.25, -0.2) is 8.42 Å². The SMILES string of the molecule is CC[C@@H](C(=O)NC(C)C)N(Cc1ccc(Cl)cc1)C(=O)CN(c1cc(Cl)ccc1C)S(C)(=O)=O. The number of benzene rings is 2. The van der Waals surface area contributed by atoms with Crippen LogP contribution >= 0.6 is 23.2 Å². The van der Waals surface area contributed by atoms with E-state index in [1.807, 2.05) is 20.8 Å². The Bertz CT molecular complexity index is 1120. The lowest BCUT2D eigenvalue weighted by Crippen LogP contribution is -2.53. The third-order valence-electron chi connectivity index (χ3n) is 5.20. The number of aryl methyl sites for hydroxylation is 1. The monoisotopic (exact) mass is 527 g/mol. The first-order valence-corrected chi connectivity index (χ1v) is 13.5. The quantitative estimate of drug-likeness (QED) is 0.495. The Labute approximate surface area is 212 Å². The van der Waals surface area contributed by atoms with Crippen LogP contribution in [0.1, 0.15) is 38.3 Å². The molecule has 2 rings (SSSR count). The van der Waals surface area contributed by atoms with Gasteiger partial charge in [0, 0.05) is 22.6 Å². The molecule has 0 saturated carbocycles. The van der Waals surface area contributed by atoms with Gasteiger partial charge in [0.2, 0.25) is 21.8 Å². The summed E-state index contributed by atoms with van der Waals surface area (Å²) >= 11 is 12.1. The second-order valence-corrected chi connectivity index (χ2v) is 11.2. The van der Waals surface area contributed by atoms with Crippen molar-refractivity contribution < 1.29 is 18.0 Å². The van der Waals surface area contributed by atoms with Crippen molar-refractivity contribution >= 4 is 50.7 Å². The first kappa shape index (κ1) is 28.0. The standard InChI is InChI=1S/C24H31Cl2N3O4S/c1-6-21(24(31)27-16(2)3)28(14-18-8-11-19(25)12-9-18)23(30)15-29(34(5,32)33)22-13-20(26)10-7-17(22)4/h7-13,16,21H,6,14-15H2,1-5H3,(H,27,31)/t21-/m0/s1. The number of carbonyl (C=O) groups excluding carboxylic acids is 2. The van der Waals surface area contributed by atoms with Crippen LogP contribution in [-0.4, -0.2) is 50.0 Å². The number of hydrogen-bond acceptors (Lipinski definition) is 4. The number of halogens is 2. The van der Waals surface area contributed by atoms with Gasteiger partial charge < -0.3 is 10.2 Å². The van der Waals surface area contributed by atoms with E-state index < -0.39 is 28.5 Å². The van der Waals surface area contributed by atoms with Crippen molar-refractivity contribution in [3.05, 3.63) is 63.6 Å². The van der Waals surface area contributed by atoms with E-state index in [1.54, 1.807) is 43.3 Å². The van der Waals surface area contributed by atoms with E-state index in [0.29, 0.717) is 27.7 Å². The fraction of sp³-hybridized carbons (Fsp3) is 0.417. The molecule has 1 N–H and O–H groups in total. The maximum atomic E-state index is 13.6. The molecule has 34 heavy (non-hydrogen) atoms. The van der Waals surface area contributed by atoms with E-state index >= 15 is 0 Å². The van der Waals surface area contributed by atoms with Crippen molar-refractivity contribution in [1.29, 1.82) is 0 Å². The molecule has 0 spiro atoms. The number of carbonyl (C=O) groups is 2. The van der Waals surface area contributed by atoms with Crippen molar-refractivity contribution in [2.45, 2.75) is 52.7 Å². The van der Waals surface area contributed by atoms with E-state index in [9.17, 15) is 18.0 Å². The lowest BCUT2D eigenvalue weighted by atomic mass is 10.1. The Kier molecular flexibility index (Phi) is 9.79. The average molecular weight is 529 g/mol. The van der Waals surface area contributed by atoms with Crippen molar-refractivity contribution in [2.24, 2.45) is 0 Å². The van der Waals surface area contributed by atoms with Crippen molar-refractivity contribution in [1.82, 2.24) is 10.2 Å². The Morgan fingerprint density at radius 3 is 2.15 bits per heavy atom. The molecular formula is C24H31Cl2N3O4S. The highest BCUT2D eigenvalue weighted by atomic mass is 35.5. The van der Waals surface area contributed by atoms with E-state index in [-0.39, 0.29) is 18.5 Å². The van der Waals surface area contributed by atoms with Gasteiger partial charge in [-0.2, -0.15) is 0 Å². The molecular weight excluding hydrogens is 497 g/mol. The van der Waals surface area contributed by atoms with E-state index in [4.69, 9.17) is 23.2 Å². The van der Waals surface area contributed by atoms with Gasteiger partial charge >= 0.3 is 0 Å². The predicted octanol–water partition coefficient (Wildman–Crippen LogP) is 4.40. The van der Waals surface area contributed by atoms with Crippen molar-refractivity contribution in [2.75, 3.05) is 17.1 Å². The normalized spacial score (nSPS) is 12.4. The zero-order valence-corrected chi connectivity index (χ0v) is 22.3. The van der Waals surface area contributed by atoms with Crippen LogP contribution in [0.25, 0.3) is 0 Å². The second kappa shape index (κ2) is 11.9. The molecule has 0 heterocycles. The molecule has 0 saturated heterocycles. The second-order valence-electron chi connectivity index (χ2n) is 8.44. The topological polar surface area (TPSA) is 86.8 Å². The van der Waals surface area contributed by atoms with E-state index in [1.165, 1.54) is 11.0 Å². The molecule has 0 aliphatic carbocycles. The number of nitrogens with one attached hydrogen (secondary N) is 1. The summed E-state index contributed by atoms with van der Waals surface area (Å²) in [6.07, 6.45) is 1.39. The predicted molar refractivity (Wildman–Crippen MR) is 138 cm³/mol. The molecule has 10 heteroatoms. The molecule has 0 unspecified atom stereocenters. The molecule has 1 atom stereocenters. The van der Waals surface area contributed by atoms with Crippen LogP contribution in [0.2, 0.25) is 10.0 Å². The number of sulfonamides is 1. The highest BCUT2D eigenvalue weighted by molar-refractivity contribution is 7.92. The fourth-order valence-corrected chi connectivity index (χ4v) is 4.72. The Balaban J connectivity index is 2.48. The summed E-state index contributed by atoms with van der Waals surface area (Å²) in [4.78, 5) is 28.0. The Morgan fingerprint density at radius 2 is 1.62 bits per heavy atom. The summed E-state index contributed by atoms with van der Waals surface area (Å²) in [5, 5.41) is 3.75. The number of anilines is 1. The molecule has 2 aromatic rings. The largest absolute Gasteiger partial charge is 0.352 e. The van der Waals surface area contributed by atoms with Crippen LogP contribution in [0.5, 0.6) is 0 Å². The van der Waals surface area contributed by atoms with Gasteiger partial charge in [0.1, 0.15) is 12.6 Å². The lowest BCUT2D eigenvalue weighted by Gasteiger charge is -2.33. The van der Waals surface area contributed by atoms with Crippen LogP contribution in [0.3, 0.4) is 0 Å². The number of amides is 2. The summed E-state index contributed by atoms with van der Waals surface area (Å²) in [6.45, 7) is 6.87. The fourth-order valence-electron chi connectivity index (χ4n) is 3.53.